The number of unbranched alkanes of at least 4 members (excludes halogenated alkanes) is 1. The van der Waals surface area contributed by atoms with Gasteiger partial charge in [-0.2, -0.15) is 0 Å². The Morgan fingerprint density at radius 3 is 2.76 bits per heavy atom. The Balaban J connectivity index is 2.67. The standard InChI is InChI=1S/C13H20ClFN2/c1-2-3-8-17(9-7-16)10-11-5-4-6-12(15)13(11)14/h4-6H,2-3,7-10,16H2,1H3. The summed E-state index contributed by atoms with van der Waals surface area (Å²) in [4.78, 5) is 2.21. The van der Waals surface area contributed by atoms with Crippen LogP contribution in [0.25, 0.3) is 0 Å². The maximum absolute atomic E-state index is 13.3. The summed E-state index contributed by atoms with van der Waals surface area (Å²) < 4.78 is 13.3. The van der Waals surface area contributed by atoms with Crippen LogP contribution in [0.3, 0.4) is 0 Å². The average Bonchev–Trinajstić information content (AvgIpc) is 2.32. The van der Waals surface area contributed by atoms with E-state index in [2.05, 4.69) is 11.8 Å². The summed E-state index contributed by atoms with van der Waals surface area (Å²) in [5.41, 5.74) is 6.40. The third-order valence-corrected chi connectivity index (χ3v) is 3.12. The molecular formula is C13H20ClFN2. The normalized spacial score (nSPS) is 11.1. The van der Waals surface area contributed by atoms with Gasteiger partial charge >= 0.3 is 0 Å². The van der Waals surface area contributed by atoms with E-state index in [9.17, 15) is 4.39 Å². The predicted molar refractivity (Wildman–Crippen MR) is 70.6 cm³/mol. The van der Waals surface area contributed by atoms with Gasteiger partial charge in [-0.1, -0.05) is 37.1 Å². The molecule has 0 amide bonds. The Kier molecular flexibility index (Phi) is 6.48. The first kappa shape index (κ1) is 14.4. The summed E-state index contributed by atoms with van der Waals surface area (Å²) >= 11 is 5.94. The van der Waals surface area contributed by atoms with Crippen LogP contribution in [0.2, 0.25) is 5.02 Å². The maximum Gasteiger partial charge on any atom is 0.142 e. The van der Waals surface area contributed by atoms with Gasteiger partial charge in [0.05, 0.1) is 5.02 Å². The number of halogens is 2. The second kappa shape index (κ2) is 7.64. The zero-order chi connectivity index (χ0) is 12.7. The van der Waals surface area contributed by atoms with E-state index in [1.165, 1.54) is 6.07 Å². The molecule has 0 aromatic heterocycles. The van der Waals surface area contributed by atoms with Crippen LogP contribution >= 0.6 is 11.6 Å². The SMILES string of the molecule is CCCCN(CCN)Cc1cccc(F)c1Cl. The highest BCUT2D eigenvalue weighted by Crippen LogP contribution is 2.21. The molecule has 2 N–H and O–H groups in total. The molecule has 1 rings (SSSR count). The topological polar surface area (TPSA) is 29.3 Å². The number of nitrogens with two attached hydrogens (primary N) is 1. The molecule has 0 aliphatic heterocycles. The van der Waals surface area contributed by atoms with Crippen molar-refractivity contribution in [3.63, 3.8) is 0 Å². The van der Waals surface area contributed by atoms with Gasteiger partial charge in [0.1, 0.15) is 5.82 Å². The Bertz CT molecular complexity index is 344. The van der Waals surface area contributed by atoms with E-state index in [0.717, 1.165) is 31.5 Å². The van der Waals surface area contributed by atoms with Crippen LogP contribution in [-0.2, 0) is 6.54 Å². The number of benzene rings is 1. The molecule has 0 aliphatic carbocycles. The van der Waals surface area contributed by atoms with Gasteiger partial charge in [-0.25, -0.2) is 4.39 Å². The molecule has 4 heteroatoms. The fourth-order valence-electron chi connectivity index (χ4n) is 1.75. The molecule has 0 heterocycles. The second-order valence-corrected chi connectivity index (χ2v) is 4.51. The summed E-state index contributed by atoms with van der Waals surface area (Å²) in [6.45, 7) is 5.20. The minimum atomic E-state index is -0.354. The van der Waals surface area contributed by atoms with Crippen LogP contribution in [-0.4, -0.2) is 24.5 Å². The molecule has 0 radical (unpaired) electrons. The highest BCUT2D eigenvalue weighted by atomic mass is 35.5. The van der Waals surface area contributed by atoms with Gasteiger partial charge in [0.15, 0.2) is 0 Å². The molecule has 0 fully saturated rings. The van der Waals surface area contributed by atoms with Gasteiger partial charge in [0.25, 0.3) is 0 Å². The van der Waals surface area contributed by atoms with Gasteiger partial charge in [-0.3, -0.25) is 4.90 Å². The van der Waals surface area contributed by atoms with Crippen molar-refractivity contribution in [2.24, 2.45) is 5.73 Å². The van der Waals surface area contributed by atoms with E-state index in [4.69, 9.17) is 17.3 Å². The highest BCUT2D eigenvalue weighted by Gasteiger charge is 2.10. The van der Waals surface area contributed by atoms with Gasteiger partial charge in [0, 0.05) is 19.6 Å². The molecule has 0 saturated carbocycles. The molecule has 0 aliphatic rings. The largest absolute Gasteiger partial charge is 0.329 e. The van der Waals surface area contributed by atoms with Crippen molar-refractivity contribution < 1.29 is 4.39 Å². The molecule has 2 nitrogen and oxygen atoms in total. The van der Waals surface area contributed by atoms with Crippen LogP contribution in [0, 0.1) is 5.82 Å². The predicted octanol–water partition coefficient (Wildman–Crippen LogP) is 3.04. The molecule has 1 aromatic carbocycles. The van der Waals surface area contributed by atoms with Gasteiger partial charge < -0.3 is 5.73 Å². The van der Waals surface area contributed by atoms with Crippen molar-refractivity contribution in [2.75, 3.05) is 19.6 Å². The van der Waals surface area contributed by atoms with Crippen LogP contribution in [0.1, 0.15) is 25.3 Å². The van der Waals surface area contributed by atoms with Gasteiger partial charge in [-0.15, -0.1) is 0 Å². The lowest BCUT2D eigenvalue weighted by atomic mass is 10.2. The van der Waals surface area contributed by atoms with Crippen molar-refractivity contribution in [1.82, 2.24) is 4.90 Å². The number of nitrogens with zero attached hydrogens (tertiary/aromatic N) is 1. The maximum atomic E-state index is 13.3. The summed E-state index contributed by atoms with van der Waals surface area (Å²) in [6.07, 6.45) is 2.25. The first-order valence-corrected chi connectivity index (χ1v) is 6.42. The van der Waals surface area contributed by atoms with Crippen molar-refractivity contribution in [1.29, 1.82) is 0 Å². The van der Waals surface area contributed by atoms with Crippen LogP contribution in [0.5, 0.6) is 0 Å². The molecular weight excluding hydrogens is 239 g/mol. The molecule has 0 bridgehead atoms. The molecule has 96 valence electrons. The average molecular weight is 259 g/mol. The lowest BCUT2D eigenvalue weighted by Crippen LogP contribution is -2.30. The van der Waals surface area contributed by atoms with E-state index in [-0.39, 0.29) is 10.8 Å². The van der Waals surface area contributed by atoms with E-state index in [1.54, 1.807) is 6.07 Å². The van der Waals surface area contributed by atoms with Crippen molar-refractivity contribution >= 4 is 11.6 Å². The zero-order valence-corrected chi connectivity index (χ0v) is 11.0. The quantitative estimate of drug-likeness (QED) is 0.815. The first-order valence-electron chi connectivity index (χ1n) is 6.04. The molecule has 0 spiro atoms. The molecule has 17 heavy (non-hydrogen) atoms. The monoisotopic (exact) mass is 258 g/mol. The smallest absolute Gasteiger partial charge is 0.142 e. The fraction of sp³-hybridized carbons (Fsp3) is 0.538. The fourth-order valence-corrected chi connectivity index (χ4v) is 1.93. The van der Waals surface area contributed by atoms with E-state index in [0.29, 0.717) is 13.1 Å². The second-order valence-electron chi connectivity index (χ2n) is 4.13. The molecule has 0 saturated heterocycles. The van der Waals surface area contributed by atoms with Gasteiger partial charge in [-0.05, 0) is 24.6 Å². The molecule has 0 atom stereocenters. The summed E-state index contributed by atoms with van der Waals surface area (Å²) in [6, 6.07) is 4.93. The minimum absolute atomic E-state index is 0.228. The van der Waals surface area contributed by atoms with E-state index >= 15 is 0 Å². The minimum Gasteiger partial charge on any atom is -0.329 e. The summed E-state index contributed by atoms with van der Waals surface area (Å²) in [5.74, 6) is -0.354. The Labute approximate surface area is 108 Å². The highest BCUT2D eigenvalue weighted by molar-refractivity contribution is 6.31. The number of hydrogen-bond acceptors (Lipinski definition) is 2. The number of rotatable bonds is 7. The molecule has 1 aromatic rings. The van der Waals surface area contributed by atoms with Crippen molar-refractivity contribution in [3.8, 4) is 0 Å². The third-order valence-electron chi connectivity index (χ3n) is 2.70. The summed E-state index contributed by atoms with van der Waals surface area (Å²) in [5, 5.41) is 0.228. The lowest BCUT2D eigenvalue weighted by Gasteiger charge is -2.22. The lowest BCUT2D eigenvalue weighted by molar-refractivity contribution is 0.268. The first-order chi connectivity index (χ1) is 8.19. The van der Waals surface area contributed by atoms with Crippen molar-refractivity contribution in [3.05, 3.63) is 34.6 Å². The van der Waals surface area contributed by atoms with Gasteiger partial charge in [0.2, 0.25) is 0 Å². The Hall–Kier alpha value is -0.640. The number of hydrogen-bond donors (Lipinski definition) is 1. The van der Waals surface area contributed by atoms with Crippen LogP contribution in [0.15, 0.2) is 18.2 Å². The van der Waals surface area contributed by atoms with E-state index in [1.807, 2.05) is 6.07 Å². The summed E-state index contributed by atoms with van der Waals surface area (Å²) in [7, 11) is 0. The Morgan fingerprint density at radius 2 is 2.12 bits per heavy atom. The Morgan fingerprint density at radius 1 is 1.35 bits per heavy atom. The van der Waals surface area contributed by atoms with E-state index < -0.39 is 0 Å². The van der Waals surface area contributed by atoms with Crippen LogP contribution < -0.4 is 5.73 Å². The van der Waals surface area contributed by atoms with Crippen LogP contribution in [0.4, 0.5) is 4.39 Å². The molecule has 0 unspecified atom stereocenters. The third kappa shape index (κ3) is 4.62. The zero-order valence-electron chi connectivity index (χ0n) is 10.3. The van der Waals surface area contributed by atoms with Crippen molar-refractivity contribution in [2.45, 2.75) is 26.3 Å².